The van der Waals surface area contributed by atoms with E-state index in [9.17, 15) is 9.50 Å². The van der Waals surface area contributed by atoms with Crippen molar-refractivity contribution in [1.82, 2.24) is 0 Å². The summed E-state index contributed by atoms with van der Waals surface area (Å²) in [5.74, 6) is -0.331. The van der Waals surface area contributed by atoms with Crippen molar-refractivity contribution in [3.63, 3.8) is 0 Å². The summed E-state index contributed by atoms with van der Waals surface area (Å²) in [5, 5.41) is 9.82. The molecule has 0 amide bonds. The minimum absolute atomic E-state index is 0.331. The van der Waals surface area contributed by atoms with Crippen molar-refractivity contribution in [1.29, 1.82) is 0 Å². The molecule has 3 N–H and O–H groups in total. The Bertz CT molecular complexity index is 379. The van der Waals surface area contributed by atoms with Gasteiger partial charge in [0.05, 0.1) is 17.0 Å². The van der Waals surface area contributed by atoms with Gasteiger partial charge in [-0.25, -0.2) is 4.39 Å². The highest BCUT2D eigenvalue weighted by Crippen LogP contribution is 2.30. The van der Waals surface area contributed by atoms with Crippen LogP contribution < -0.4 is 10.6 Å². The van der Waals surface area contributed by atoms with Crippen LogP contribution in [0.4, 0.5) is 15.8 Å². The number of nitrogen functional groups attached to an aromatic ring is 1. The lowest BCUT2D eigenvalue weighted by Crippen LogP contribution is -2.29. The molecule has 0 spiro atoms. The number of β-amino-alcohol motifs (C(OH)–C–C–N with tert-alkyl or cyclic N) is 1. The lowest BCUT2D eigenvalue weighted by molar-refractivity contribution is 0.0839. The third-order valence-corrected chi connectivity index (χ3v) is 2.78. The van der Waals surface area contributed by atoms with E-state index < -0.39 is 5.60 Å². The van der Waals surface area contributed by atoms with Crippen molar-refractivity contribution < 1.29 is 9.50 Å². The van der Waals surface area contributed by atoms with Crippen LogP contribution in [0.1, 0.15) is 13.3 Å². The maximum atomic E-state index is 12.8. The molecule has 1 unspecified atom stereocenters. The first kappa shape index (κ1) is 10.2. The van der Waals surface area contributed by atoms with Crippen LogP contribution in [0.3, 0.4) is 0 Å². The summed E-state index contributed by atoms with van der Waals surface area (Å²) >= 11 is 0. The number of benzene rings is 1. The van der Waals surface area contributed by atoms with Crippen LogP contribution in [0.25, 0.3) is 0 Å². The Labute approximate surface area is 88.3 Å². The third-order valence-electron chi connectivity index (χ3n) is 2.78. The fraction of sp³-hybridized carbons (Fsp3) is 0.455. The number of rotatable bonds is 1. The predicted octanol–water partition coefficient (Wildman–Crippen LogP) is 1.37. The molecule has 2 rings (SSSR count). The highest BCUT2D eigenvalue weighted by molar-refractivity contribution is 5.68. The molecular weight excluding hydrogens is 195 g/mol. The molecule has 0 radical (unpaired) electrons. The first-order chi connectivity index (χ1) is 6.98. The summed E-state index contributed by atoms with van der Waals surface area (Å²) in [6, 6.07) is 4.35. The van der Waals surface area contributed by atoms with Gasteiger partial charge in [0.25, 0.3) is 0 Å². The number of hydrogen-bond donors (Lipinski definition) is 2. The highest BCUT2D eigenvalue weighted by Gasteiger charge is 2.32. The van der Waals surface area contributed by atoms with E-state index in [1.807, 2.05) is 4.90 Å². The van der Waals surface area contributed by atoms with Gasteiger partial charge in [-0.15, -0.1) is 0 Å². The second-order valence-electron chi connectivity index (χ2n) is 4.37. The number of halogens is 1. The van der Waals surface area contributed by atoms with Gasteiger partial charge in [0, 0.05) is 13.1 Å². The Morgan fingerprint density at radius 3 is 2.80 bits per heavy atom. The molecule has 1 aliphatic rings. The molecule has 15 heavy (non-hydrogen) atoms. The largest absolute Gasteiger partial charge is 0.397 e. The molecule has 1 aliphatic heterocycles. The Morgan fingerprint density at radius 2 is 2.27 bits per heavy atom. The van der Waals surface area contributed by atoms with E-state index in [2.05, 4.69) is 0 Å². The molecule has 82 valence electrons. The zero-order valence-corrected chi connectivity index (χ0v) is 8.70. The molecule has 0 aromatic heterocycles. The molecule has 1 fully saturated rings. The maximum Gasteiger partial charge on any atom is 0.125 e. The summed E-state index contributed by atoms with van der Waals surface area (Å²) in [6.07, 6.45) is 0.712. The minimum atomic E-state index is -0.666. The number of anilines is 2. The molecule has 4 heteroatoms. The topological polar surface area (TPSA) is 49.5 Å². The van der Waals surface area contributed by atoms with E-state index in [0.29, 0.717) is 18.7 Å². The molecule has 1 aromatic carbocycles. The Kier molecular flexibility index (Phi) is 2.31. The molecule has 3 nitrogen and oxygen atoms in total. The van der Waals surface area contributed by atoms with Gasteiger partial charge in [-0.2, -0.15) is 0 Å². The molecule has 1 heterocycles. The van der Waals surface area contributed by atoms with Crippen LogP contribution in [0.5, 0.6) is 0 Å². The third kappa shape index (κ3) is 2.04. The van der Waals surface area contributed by atoms with Gasteiger partial charge in [0.15, 0.2) is 0 Å². The predicted molar refractivity (Wildman–Crippen MR) is 58.3 cm³/mol. The van der Waals surface area contributed by atoms with E-state index in [1.165, 1.54) is 12.1 Å². The average Bonchev–Trinajstić information content (AvgIpc) is 2.46. The fourth-order valence-electron chi connectivity index (χ4n) is 1.96. The molecule has 1 aromatic rings. The van der Waals surface area contributed by atoms with E-state index in [0.717, 1.165) is 12.2 Å². The van der Waals surface area contributed by atoms with Gasteiger partial charge in [-0.05, 0) is 31.5 Å². The fourth-order valence-corrected chi connectivity index (χ4v) is 1.96. The molecule has 1 saturated heterocycles. The summed E-state index contributed by atoms with van der Waals surface area (Å²) in [4.78, 5) is 1.98. The van der Waals surface area contributed by atoms with Crippen molar-refractivity contribution in [3.05, 3.63) is 24.0 Å². The molecular formula is C11H15FN2O. The van der Waals surface area contributed by atoms with Crippen LogP contribution in [-0.2, 0) is 0 Å². The summed E-state index contributed by atoms with van der Waals surface area (Å²) in [5.41, 5.74) is 6.28. The van der Waals surface area contributed by atoms with E-state index in [1.54, 1.807) is 13.0 Å². The van der Waals surface area contributed by atoms with Gasteiger partial charge in [-0.1, -0.05) is 0 Å². The maximum absolute atomic E-state index is 12.8. The Morgan fingerprint density at radius 1 is 1.53 bits per heavy atom. The van der Waals surface area contributed by atoms with Crippen molar-refractivity contribution >= 4 is 11.4 Å². The number of aliphatic hydroxyl groups is 1. The van der Waals surface area contributed by atoms with Gasteiger partial charge in [-0.3, -0.25) is 0 Å². The average molecular weight is 210 g/mol. The number of nitrogens with two attached hydrogens (primary N) is 1. The van der Waals surface area contributed by atoms with Crippen molar-refractivity contribution in [2.24, 2.45) is 0 Å². The second kappa shape index (κ2) is 3.38. The van der Waals surface area contributed by atoms with Crippen LogP contribution in [0, 0.1) is 5.82 Å². The van der Waals surface area contributed by atoms with Gasteiger partial charge in [0.1, 0.15) is 5.82 Å². The zero-order chi connectivity index (χ0) is 11.1. The molecule has 0 bridgehead atoms. The van der Waals surface area contributed by atoms with Crippen LogP contribution in [0.15, 0.2) is 18.2 Å². The lowest BCUT2D eigenvalue weighted by atomic mass is 10.1. The first-order valence-electron chi connectivity index (χ1n) is 5.00. The quantitative estimate of drug-likeness (QED) is 0.688. The van der Waals surface area contributed by atoms with E-state index in [-0.39, 0.29) is 5.82 Å². The molecule has 0 saturated carbocycles. The number of nitrogens with zero attached hydrogens (tertiary/aromatic N) is 1. The molecule has 0 aliphatic carbocycles. The first-order valence-corrected chi connectivity index (χ1v) is 5.00. The van der Waals surface area contributed by atoms with E-state index in [4.69, 9.17) is 5.73 Å². The standard InChI is InChI=1S/C11H15FN2O/c1-11(15)4-5-14(7-11)10-3-2-8(12)6-9(10)13/h2-3,6,15H,4-5,7,13H2,1H3. The monoisotopic (exact) mass is 210 g/mol. The second-order valence-corrected chi connectivity index (χ2v) is 4.37. The SMILES string of the molecule is CC1(O)CCN(c2ccc(F)cc2N)C1. The van der Waals surface area contributed by atoms with Gasteiger partial charge >= 0.3 is 0 Å². The van der Waals surface area contributed by atoms with E-state index >= 15 is 0 Å². The van der Waals surface area contributed by atoms with Crippen LogP contribution >= 0.6 is 0 Å². The van der Waals surface area contributed by atoms with Crippen LogP contribution in [-0.4, -0.2) is 23.8 Å². The zero-order valence-electron chi connectivity index (χ0n) is 8.70. The highest BCUT2D eigenvalue weighted by atomic mass is 19.1. The normalized spacial score (nSPS) is 25.9. The molecule has 1 atom stereocenters. The summed E-state index contributed by atoms with van der Waals surface area (Å²) < 4.78 is 12.8. The minimum Gasteiger partial charge on any atom is -0.397 e. The smallest absolute Gasteiger partial charge is 0.125 e. The Hall–Kier alpha value is -1.29. The number of hydrogen-bond acceptors (Lipinski definition) is 3. The lowest BCUT2D eigenvalue weighted by Gasteiger charge is -2.22. The van der Waals surface area contributed by atoms with Crippen molar-refractivity contribution in [3.8, 4) is 0 Å². The summed E-state index contributed by atoms with van der Waals surface area (Å²) in [6.45, 7) is 3.10. The summed E-state index contributed by atoms with van der Waals surface area (Å²) in [7, 11) is 0. The van der Waals surface area contributed by atoms with Crippen molar-refractivity contribution in [2.45, 2.75) is 18.9 Å². The van der Waals surface area contributed by atoms with Crippen LogP contribution in [0.2, 0.25) is 0 Å². The van der Waals surface area contributed by atoms with Crippen molar-refractivity contribution in [2.75, 3.05) is 23.7 Å². The Balaban J connectivity index is 2.24. The van der Waals surface area contributed by atoms with Gasteiger partial charge in [0.2, 0.25) is 0 Å². The van der Waals surface area contributed by atoms with Gasteiger partial charge < -0.3 is 15.7 Å².